The zero-order chi connectivity index (χ0) is 19.6. The molecule has 1 fully saturated rings. The topological polar surface area (TPSA) is 82.5 Å². The number of benzene rings is 1. The van der Waals surface area contributed by atoms with E-state index in [1.54, 1.807) is 12.3 Å². The normalized spacial score (nSPS) is 16.9. The first-order chi connectivity index (χ1) is 12.8. The fourth-order valence-electron chi connectivity index (χ4n) is 3.08. The van der Waals surface area contributed by atoms with Gasteiger partial charge in [-0.1, -0.05) is 6.07 Å². The number of likely N-dealkylation sites (tertiary alicyclic amines) is 1. The standard InChI is InChI=1S/C19H19F2N3O3/c1-11-4-5-16(22-9-11)23-18(26)12-3-2-6-24(10-12)19(27)17-14(21)7-13(20)8-15(17)25/h4-5,7-9,12,25H,2-3,6,10H2,1H3,(H,22,23,26). The molecule has 27 heavy (non-hydrogen) atoms. The maximum absolute atomic E-state index is 14.0. The lowest BCUT2D eigenvalue weighted by molar-refractivity contribution is -0.121. The maximum Gasteiger partial charge on any atom is 0.260 e. The first-order valence-electron chi connectivity index (χ1n) is 8.56. The van der Waals surface area contributed by atoms with Crippen LogP contribution in [-0.2, 0) is 4.79 Å². The van der Waals surface area contributed by atoms with Crippen LogP contribution in [0.2, 0.25) is 0 Å². The Bertz CT molecular complexity index is 848. The number of hydrogen-bond acceptors (Lipinski definition) is 4. The Morgan fingerprint density at radius 2 is 2.07 bits per heavy atom. The van der Waals surface area contributed by atoms with Gasteiger partial charge in [0.1, 0.15) is 28.8 Å². The molecular weight excluding hydrogens is 356 g/mol. The van der Waals surface area contributed by atoms with E-state index in [1.165, 1.54) is 4.90 Å². The first-order valence-corrected chi connectivity index (χ1v) is 8.56. The lowest BCUT2D eigenvalue weighted by Gasteiger charge is -2.32. The second kappa shape index (κ2) is 7.69. The Morgan fingerprint density at radius 1 is 1.30 bits per heavy atom. The molecule has 1 atom stereocenters. The van der Waals surface area contributed by atoms with Crippen molar-refractivity contribution in [2.75, 3.05) is 18.4 Å². The van der Waals surface area contributed by atoms with E-state index in [-0.39, 0.29) is 12.5 Å². The van der Waals surface area contributed by atoms with Crippen molar-refractivity contribution in [2.24, 2.45) is 5.92 Å². The van der Waals surface area contributed by atoms with Gasteiger partial charge in [-0.3, -0.25) is 9.59 Å². The highest BCUT2D eigenvalue weighted by molar-refractivity contribution is 5.98. The number of nitrogens with zero attached hydrogens (tertiary/aromatic N) is 2. The summed E-state index contributed by atoms with van der Waals surface area (Å²) in [5.41, 5.74) is 0.376. The minimum Gasteiger partial charge on any atom is -0.507 e. The van der Waals surface area contributed by atoms with Gasteiger partial charge < -0.3 is 15.3 Å². The fourth-order valence-corrected chi connectivity index (χ4v) is 3.08. The number of amides is 2. The van der Waals surface area contributed by atoms with Crippen LogP contribution in [0, 0.1) is 24.5 Å². The van der Waals surface area contributed by atoms with Crippen molar-refractivity contribution >= 4 is 17.6 Å². The van der Waals surface area contributed by atoms with Gasteiger partial charge in [-0.15, -0.1) is 0 Å². The molecular formula is C19H19F2N3O3. The van der Waals surface area contributed by atoms with Crippen LogP contribution in [0.3, 0.4) is 0 Å². The molecule has 1 aliphatic heterocycles. The number of carbonyl (C=O) groups is 2. The number of carbonyl (C=O) groups excluding carboxylic acids is 2. The molecule has 1 aromatic heterocycles. The summed E-state index contributed by atoms with van der Waals surface area (Å²) in [6.45, 7) is 2.28. The SMILES string of the molecule is Cc1ccc(NC(=O)C2CCCN(C(=O)c3c(O)cc(F)cc3F)C2)nc1. The summed E-state index contributed by atoms with van der Waals surface area (Å²) in [6.07, 6.45) is 2.75. The summed E-state index contributed by atoms with van der Waals surface area (Å²) >= 11 is 0. The number of aromatic nitrogens is 1. The van der Waals surface area contributed by atoms with Gasteiger partial charge in [-0.25, -0.2) is 13.8 Å². The van der Waals surface area contributed by atoms with Crippen molar-refractivity contribution in [1.29, 1.82) is 0 Å². The average Bonchev–Trinajstić information content (AvgIpc) is 2.62. The molecule has 0 radical (unpaired) electrons. The predicted octanol–water partition coefficient (Wildman–Crippen LogP) is 2.86. The Labute approximate surface area is 154 Å². The lowest BCUT2D eigenvalue weighted by Crippen LogP contribution is -2.44. The van der Waals surface area contributed by atoms with Crippen molar-refractivity contribution < 1.29 is 23.5 Å². The van der Waals surface area contributed by atoms with Gasteiger partial charge in [0.15, 0.2) is 0 Å². The van der Waals surface area contributed by atoms with Crippen LogP contribution in [0.1, 0.15) is 28.8 Å². The number of phenols is 1. The number of pyridine rings is 1. The third-order valence-corrected chi connectivity index (χ3v) is 4.49. The zero-order valence-corrected chi connectivity index (χ0v) is 14.7. The number of rotatable bonds is 3. The van der Waals surface area contributed by atoms with Crippen molar-refractivity contribution in [3.05, 3.63) is 53.2 Å². The quantitative estimate of drug-likeness (QED) is 0.864. The van der Waals surface area contributed by atoms with E-state index in [4.69, 9.17) is 0 Å². The fraction of sp³-hybridized carbons (Fsp3) is 0.316. The monoisotopic (exact) mass is 375 g/mol. The van der Waals surface area contributed by atoms with Gasteiger partial charge in [0.05, 0.1) is 5.92 Å². The number of phenolic OH excluding ortho intramolecular Hbond substituents is 1. The van der Waals surface area contributed by atoms with Crippen LogP contribution in [0.5, 0.6) is 5.75 Å². The summed E-state index contributed by atoms with van der Waals surface area (Å²) in [4.78, 5) is 30.5. The van der Waals surface area contributed by atoms with Gasteiger partial charge in [-0.05, 0) is 31.4 Å². The molecule has 1 aliphatic rings. The summed E-state index contributed by atoms with van der Waals surface area (Å²) in [5.74, 6) is -3.99. The summed E-state index contributed by atoms with van der Waals surface area (Å²) in [6, 6.07) is 4.74. The summed E-state index contributed by atoms with van der Waals surface area (Å²) in [5, 5.41) is 12.5. The lowest BCUT2D eigenvalue weighted by atomic mass is 9.96. The molecule has 2 aromatic rings. The molecule has 2 amide bonds. The summed E-state index contributed by atoms with van der Waals surface area (Å²) in [7, 11) is 0. The van der Waals surface area contributed by atoms with Crippen molar-refractivity contribution in [1.82, 2.24) is 9.88 Å². The van der Waals surface area contributed by atoms with Crippen molar-refractivity contribution in [3.8, 4) is 5.75 Å². The molecule has 142 valence electrons. The molecule has 0 bridgehead atoms. The van der Waals surface area contributed by atoms with Crippen LogP contribution >= 0.6 is 0 Å². The summed E-state index contributed by atoms with van der Waals surface area (Å²) < 4.78 is 27.1. The second-order valence-corrected chi connectivity index (χ2v) is 6.58. The van der Waals surface area contributed by atoms with Crippen LogP contribution in [0.4, 0.5) is 14.6 Å². The molecule has 3 rings (SSSR count). The number of anilines is 1. The van der Waals surface area contributed by atoms with Crippen LogP contribution < -0.4 is 5.32 Å². The van der Waals surface area contributed by atoms with E-state index >= 15 is 0 Å². The molecule has 1 aromatic carbocycles. The van der Waals surface area contributed by atoms with E-state index in [0.717, 1.165) is 5.56 Å². The van der Waals surface area contributed by atoms with Gasteiger partial charge in [0.2, 0.25) is 5.91 Å². The zero-order valence-electron chi connectivity index (χ0n) is 14.7. The minimum absolute atomic E-state index is 0.0762. The molecule has 0 saturated carbocycles. The van der Waals surface area contributed by atoms with Crippen LogP contribution in [0.15, 0.2) is 30.5 Å². The van der Waals surface area contributed by atoms with Gasteiger partial charge in [0.25, 0.3) is 5.91 Å². The van der Waals surface area contributed by atoms with Crippen molar-refractivity contribution in [2.45, 2.75) is 19.8 Å². The van der Waals surface area contributed by atoms with Crippen molar-refractivity contribution in [3.63, 3.8) is 0 Å². The number of nitrogens with one attached hydrogen (secondary N) is 1. The molecule has 1 unspecified atom stereocenters. The Morgan fingerprint density at radius 3 is 2.74 bits per heavy atom. The molecule has 6 nitrogen and oxygen atoms in total. The third-order valence-electron chi connectivity index (χ3n) is 4.49. The van der Waals surface area contributed by atoms with E-state index < -0.39 is 34.8 Å². The molecule has 8 heteroatoms. The highest BCUT2D eigenvalue weighted by Gasteiger charge is 2.31. The van der Waals surface area contributed by atoms with E-state index in [0.29, 0.717) is 37.3 Å². The molecule has 0 aliphatic carbocycles. The van der Waals surface area contributed by atoms with E-state index in [1.807, 2.05) is 13.0 Å². The molecule has 2 N–H and O–H groups in total. The molecule has 0 spiro atoms. The molecule has 2 heterocycles. The third kappa shape index (κ3) is 4.21. The largest absolute Gasteiger partial charge is 0.507 e. The number of hydrogen-bond donors (Lipinski definition) is 2. The number of halogens is 2. The Hall–Kier alpha value is -3.03. The second-order valence-electron chi connectivity index (χ2n) is 6.58. The number of aryl methyl sites for hydroxylation is 1. The van der Waals surface area contributed by atoms with Gasteiger partial charge in [-0.2, -0.15) is 0 Å². The highest BCUT2D eigenvalue weighted by Crippen LogP contribution is 2.26. The Balaban J connectivity index is 1.71. The Kier molecular flexibility index (Phi) is 5.34. The minimum atomic E-state index is -1.13. The number of aromatic hydroxyl groups is 1. The average molecular weight is 375 g/mol. The molecule has 1 saturated heterocycles. The van der Waals surface area contributed by atoms with E-state index in [2.05, 4.69) is 10.3 Å². The first kappa shape index (κ1) is 18.8. The van der Waals surface area contributed by atoms with Crippen LogP contribution in [-0.4, -0.2) is 39.9 Å². The smallest absolute Gasteiger partial charge is 0.260 e. The highest BCUT2D eigenvalue weighted by atomic mass is 19.1. The number of piperidine rings is 1. The van der Waals surface area contributed by atoms with Gasteiger partial charge in [0, 0.05) is 31.4 Å². The predicted molar refractivity (Wildman–Crippen MR) is 94.3 cm³/mol. The van der Waals surface area contributed by atoms with Crippen LogP contribution in [0.25, 0.3) is 0 Å². The van der Waals surface area contributed by atoms with Gasteiger partial charge >= 0.3 is 0 Å². The van der Waals surface area contributed by atoms with E-state index in [9.17, 15) is 23.5 Å². The maximum atomic E-state index is 14.0.